The summed E-state index contributed by atoms with van der Waals surface area (Å²) in [4.78, 5) is 13.8. The predicted octanol–water partition coefficient (Wildman–Crippen LogP) is 8.33. The average Bonchev–Trinajstić information content (AvgIpc) is 2.77. The van der Waals surface area contributed by atoms with Crippen LogP contribution in [0.2, 0.25) is 0 Å². The number of carbonyl (C=O) groups excluding carboxylic acids is 1. The van der Waals surface area contributed by atoms with Gasteiger partial charge in [0.1, 0.15) is 5.78 Å². The van der Waals surface area contributed by atoms with Gasteiger partial charge in [0.25, 0.3) is 0 Å². The molecule has 2 aliphatic carbocycles. The summed E-state index contributed by atoms with van der Waals surface area (Å²) in [6.07, 6.45) is 18.2. The summed E-state index contributed by atoms with van der Waals surface area (Å²) in [5.41, 5.74) is 1.29. The molecule has 2 fully saturated rings. The highest BCUT2D eigenvalue weighted by atomic mass is 16.1. The minimum absolute atomic E-state index is 0.153. The van der Waals surface area contributed by atoms with Gasteiger partial charge in [-0.2, -0.15) is 0 Å². The molecule has 3 rings (SSSR count). The van der Waals surface area contributed by atoms with Crippen molar-refractivity contribution in [1.82, 2.24) is 0 Å². The van der Waals surface area contributed by atoms with Gasteiger partial charge < -0.3 is 0 Å². The normalized spacial score (nSPS) is 28.8. The SMILES string of the molecule is CCCCCC1CCC(C(=O)C(c2ccccc2)C2CCC(CCC)CC2)CC1. The maximum Gasteiger partial charge on any atom is 0.143 e. The molecule has 0 saturated heterocycles. The minimum Gasteiger partial charge on any atom is -0.299 e. The molecule has 1 unspecified atom stereocenters. The molecule has 2 aliphatic rings. The quantitative estimate of drug-likeness (QED) is 0.363. The van der Waals surface area contributed by atoms with E-state index >= 15 is 0 Å². The Hall–Kier alpha value is -1.11. The maximum absolute atomic E-state index is 13.8. The van der Waals surface area contributed by atoms with Crippen LogP contribution in [0.3, 0.4) is 0 Å². The van der Waals surface area contributed by atoms with E-state index in [1.165, 1.54) is 82.6 Å². The molecule has 162 valence electrons. The monoisotopic (exact) mass is 396 g/mol. The van der Waals surface area contributed by atoms with Crippen molar-refractivity contribution in [1.29, 1.82) is 0 Å². The molecule has 0 radical (unpaired) electrons. The number of rotatable bonds is 10. The van der Waals surface area contributed by atoms with Crippen LogP contribution in [0.15, 0.2) is 30.3 Å². The fourth-order valence-electron chi connectivity index (χ4n) is 6.22. The Labute approximate surface area is 180 Å². The molecule has 1 aromatic rings. The Morgan fingerprint density at radius 3 is 2.03 bits per heavy atom. The van der Waals surface area contributed by atoms with Crippen LogP contribution in [0.25, 0.3) is 0 Å². The van der Waals surface area contributed by atoms with Gasteiger partial charge in [0.2, 0.25) is 0 Å². The van der Waals surface area contributed by atoms with E-state index in [9.17, 15) is 4.79 Å². The maximum atomic E-state index is 13.8. The Bertz CT molecular complexity index is 576. The van der Waals surface area contributed by atoms with Gasteiger partial charge in [0.15, 0.2) is 0 Å². The van der Waals surface area contributed by atoms with Crippen LogP contribution < -0.4 is 0 Å². The van der Waals surface area contributed by atoms with Gasteiger partial charge in [-0.05, 0) is 61.8 Å². The van der Waals surface area contributed by atoms with Crippen LogP contribution in [-0.4, -0.2) is 5.78 Å². The molecule has 0 spiro atoms. The number of carbonyl (C=O) groups is 1. The number of Topliss-reactive ketones (excluding diaryl/α,β-unsaturated/α-hetero) is 1. The molecule has 0 heterocycles. The molecule has 0 bridgehead atoms. The molecule has 1 nitrogen and oxygen atoms in total. The lowest BCUT2D eigenvalue weighted by molar-refractivity contribution is -0.127. The molecule has 1 heteroatoms. The van der Waals surface area contributed by atoms with Gasteiger partial charge in [-0.15, -0.1) is 0 Å². The predicted molar refractivity (Wildman–Crippen MR) is 124 cm³/mol. The number of hydrogen-bond donors (Lipinski definition) is 0. The second-order valence-corrected chi connectivity index (χ2v) is 10.1. The van der Waals surface area contributed by atoms with E-state index in [1.54, 1.807) is 0 Å². The van der Waals surface area contributed by atoms with Crippen molar-refractivity contribution in [2.45, 2.75) is 110 Å². The summed E-state index contributed by atoms with van der Waals surface area (Å²) in [7, 11) is 0. The largest absolute Gasteiger partial charge is 0.299 e. The van der Waals surface area contributed by atoms with Crippen molar-refractivity contribution < 1.29 is 4.79 Å². The second kappa shape index (κ2) is 11.9. The van der Waals surface area contributed by atoms with E-state index in [2.05, 4.69) is 44.2 Å². The van der Waals surface area contributed by atoms with E-state index in [-0.39, 0.29) is 5.92 Å². The molecule has 0 aromatic heterocycles. The lowest BCUT2D eigenvalue weighted by atomic mass is 9.67. The van der Waals surface area contributed by atoms with Crippen LogP contribution in [0.5, 0.6) is 0 Å². The first-order valence-electron chi connectivity index (χ1n) is 12.8. The average molecular weight is 397 g/mol. The van der Waals surface area contributed by atoms with Crippen molar-refractivity contribution in [3.05, 3.63) is 35.9 Å². The van der Waals surface area contributed by atoms with Crippen molar-refractivity contribution in [3.8, 4) is 0 Å². The van der Waals surface area contributed by atoms with Crippen LogP contribution >= 0.6 is 0 Å². The smallest absolute Gasteiger partial charge is 0.143 e. The summed E-state index contributed by atoms with van der Waals surface area (Å²) < 4.78 is 0. The molecule has 1 aromatic carbocycles. The van der Waals surface area contributed by atoms with Crippen molar-refractivity contribution >= 4 is 5.78 Å². The Morgan fingerprint density at radius 1 is 0.793 bits per heavy atom. The number of hydrogen-bond acceptors (Lipinski definition) is 1. The summed E-state index contributed by atoms with van der Waals surface area (Å²) in [5.74, 6) is 3.41. The topological polar surface area (TPSA) is 17.1 Å². The van der Waals surface area contributed by atoms with Crippen molar-refractivity contribution in [3.63, 3.8) is 0 Å². The summed E-state index contributed by atoms with van der Waals surface area (Å²) in [6.45, 7) is 4.59. The van der Waals surface area contributed by atoms with Crippen molar-refractivity contribution in [2.75, 3.05) is 0 Å². The van der Waals surface area contributed by atoms with Crippen LogP contribution in [0.1, 0.15) is 115 Å². The zero-order valence-electron chi connectivity index (χ0n) is 19.1. The van der Waals surface area contributed by atoms with E-state index < -0.39 is 0 Å². The zero-order chi connectivity index (χ0) is 20.5. The van der Waals surface area contributed by atoms with Gasteiger partial charge in [0, 0.05) is 11.8 Å². The Kier molecular flexibility index (Phi) is 9.28. The van der Waals surface area contributed by atoms with Gasteiger partial charge in [-0.3, -0.25) is 4.79 Å². The highest BCUT2D eigenvalue weighted by Crippen LogP contribution is 2.43. The molecule has 0 amide bonds. The van der Waals surface area contributed by atoms with Crippen LogP contribution in [0.4, 0.5) is 0 Å². The lowest BCUT2D eigenvalue weighted by Gasteiger charge is -2.36. The molecule has 1 atom stereocenters. The number of benzene rings is 1. The van der Waals surface area contributed by atoms with E-state index in [4.69, 9.17) is 0 Å². The molecular weight excluding hydrogens is 352 g/mol. The zero-order valence-corrected chi connectivity index (χ0v) is 19.1. The highest BCUT2D eigenvalue weighted by Gasteiger charge is 2.37. The fourth-order valence-corrected chi connectivity index (χ4v) is 6.22. The van der Waals surface area contributed by atoms with Gasteiger partial charge in [0.05, 0.1) is 0 Å². The highest BCUT2D eigenvalue weighted by molar-refractivity contribution is 5.88. The molecule has 0 aliphatic heterocycles. The summed E-state index contributed by atoms with van der Waals surface area (Å²) in [6, 6.07) is 10.8. The third-order valence-corrected chi connectivity index (χ3v) is 7.99. The lowest BCUT2D eigenvalue weighted by Crippen LogP contribution is -2.32. The molecule has 2 saturated carbocycles. The van der Waals surface area contributed by atoms with E-state index in [1.807, 2.05) is 0 Å². The van der Waals surface area contributed by atoms with Crippen LogP contribution in [-0.2, 0) is 4.79 Å². The van der Waals surface area contributed by atoms with Gasteiger partial charge in [-0.25, -0.2) is 0 Å². The fraction of sp³-hybridized carbons (Fsp3) is 0.750. The van der Waals surface area contributed by atoms with E-state index in [0.717, 1.165) is 24.7 Å². The van der Waals surface area contributed by atoms with Gasteiger partial charge in [-0.1, -0.05) is 95.5 Å². The first-order valence-corrected chi connectivity index (χ1v) is 12.8. The second-order valence-electron chi connectivity index (χ2n) is 10.1. The number of unbranched alkanes of at least 4 members (excludes halogenated alkanes) is 2. The van der Waals surface area contributed by atoms with Crippen molar-refractivity contribution in [2.24, 2.45) is 23.7 Å². The summed E-state index contributed by atoms with van der Waals surface area (Å²) >= 11 is 0. The summed E-state index contributed by atoms with van der Waals surface area (Å²) in [5, 5.41) is 0. The van der Waals surface area contributed by atoms with Crippen LogP contribution in [0, 0.1) is 23.7 Å². The Balaban J connectivity index is 1.62. The standard InChI is InChI=1S/C28H44O/c1-3-5-7-11-23-16-20-26(21-17-23)28(29)27(24-12-8-6-9-13-24)25-18-14-22(10-4-2)15-19-25/h6,8-9,12-13,22-23,25-27H,3-5,7,10-11,14-21H2,1-2H3. The third-order valence-electron chi connectivity index (χ3n) is 7.99. The Morgan fingerprint density at radius 2 is 1.41 bits per heavy atom. The minimum atomic E-state index is 0.153. The molecule has 29 heavy (non-hydrogen) atoms. The number of ketones is 1. The van der Waals surface area contributed by atoms with Gasteiger partial charge >= 0.3 is 0 Å². The molecular formula is C28H44O. The first kappa shape index (κ1) is 22.6. The molecule has 0 N–H and O–H groups in total. The first-order chi connectivity index (χ1) is 14.2. The van der Waals surface area contributed by atoms with E-state index in [0.29, 0.717) is 17.6 Å². The third kappa shape index (κ3) is 6.43.